The van der Waals surface area contributed by atoms with Crippen LogP contribution < -0.4 is 0 Å². The van der Waals surface area contributed by atoms with Gasteiger partial charge in [-0.1, -0.05) is 53.6 Å². The van der Waals surface area contributed by atoms with E-state index in [4.69, 9.17) is 16.3 Å². The molecule has 3 aromatic rings. The van der Waals surface area contributed by atoms with Crippen LogP contribution >= 0.6 is 11.6 Å². The summed E-state index contributed by atoms with van der Waals surface area (Å²) in [5.41, 5.74) is 3.35. The molecular weight excluding hydrogens is 422 g/mol. The second kappa shape index (κ2) is 9.69. The number of aromatic nitrogens is 4. The van der Waals surface area contributed by atoms with E-state index < -0.39 is 0 Å². The molecule has 1 aliphatic rings. The van der Waals surface area contributed by atoms with Crippen LogP contribution in [0.1, 0.15) is 62.2 Å². The summed E-state index contributed by atoms with van der Waals surface area (Å²) < 4.78 is 7.99. The van der Waals surface area contributed by atoms with Crippen LogP contribution in [0.5, 0.6) is 0 Å². The molecule has 0 unspecified atom stereocenters. The minimum absolute atomic E-state index is 0.107. The summed E-state index contributed by atoms with van der Waals surface area (Å²) in [5.74, 6) is 0.841. The number of hydrogen-bond donors (Lipinski definition) is 0. The predicted octanol–water partition coefficient (Wildman–Crippen LogP) is 5.16. The van der Waals surface area contributed by atoms with Gasteiger partial charge in [-0.3, -0.25) is 4.90 Å². The molecule has 0 N–H and O–H groups in total. The number of aryl methyl sites for hydroxylation is 1. The predicted molar refractivity (Wildman–Crippen MR) is 127 cm³/mol. The van der Waals surface area contributed by atoms with Crippen molar-refractivity contribution in [2.45, 2.75) is 64.8 Å². The number of tetrazole rings is 1. The summed E-state index contributed by atoms with van der Waals surface area (Å²) in [6, 6.07) is 16.6. The minimum Gasteiger partial charge on any atom is -0.377 e. The highest BCUT2D eigenvalue weighted by atomic mass is 35.5. The van der Waals surface area contributed by atoms with E-state index >= 15 is 0 Å². The third-order valence-corrected chi connectivity index (χ3v) is 6.14. The van der Waals surface area contributed by atoms with Gasteiger partial charge < -0.3 is 4.74 Å². The maximum Gasteiger partial charge on any atom is 0.173 e. The monoisotopic (exact) mass is 453 g/mol. The lowest BCUT2D eigenvalue weighted by Crippen LogP contribution is -2.39. The van der Waals surface area contributed by atoms with Gasteiger partial charge in [-0.25, -0.2) is 4.68 Å². The van der Waals surface area contributed by atoms with Gasteiger partial charge >= 0.3 is 0 Å². The Morgan fingerprint density at radius 2 is 1.84 bits per heavy atom. The first-order valence-electron chi connectivity index (χ1n) is 11.3. The Labute approximate surface area is 195 Å². The molecule has 2 aromatic carbocycles. The third kappa shape index (κ3) is 5.37. The Kier molecular flexibility index (Phi) is 6.93. The molecule has 0 aliphatic carbocycles. The number of benzene rings is 2. The summed E-state index contributed by atoms with van der Waals surface area (Å²) in [7, 11) is 0. The lowest BCUT2D eigenvalue weighted by atomic mass is 9.99. The van der Waals surface area contributed by atoms with Crippen LogP contribution in [0.4, 0.5) is 0 Å². The summed E-state index contributed by atoms with van der Waals surface area (Å²) in [6.45, 7) is 10.9. The van der Waals surface area contributed by atoms with Gasteiger partial charge in [-0.15, -0.1) is 5.10 Å². The van der Waals surface area contributed by atoms with Crippen molar-refractivity contribution in [3.63, 3.8) is 0 Å². The number of ether oxygens (including phenoxy) is 1. The zero-order valence-electron chi connectivity index (χ0n) is 19.3. The van der Waals surface area contributed by atoms with Gasteiger partial charge in [0.2, 0.25) is 0 Å². The van der Waals surface area contributed by atoms with Crippen LogP contribution in [-0.2, 0) is 16.8 Å². The summed E-state index contributed by atoms with van der Waals surface area (Å²) in [4.78, 5) is 2.44. The van der Waals surface area contributed by atoms with E-state index in [1.807, 2.05) is 16.8 Å². The van der Waals surface area contributed by atoms with E-state index in [1.54, 1.807) is 0 Å². The van der Waals surface area contributed by atoms with Crippen molar-refractivity contribution in [1.82, 2.24) is 25.1 Å². The Morgan fingerprint density at radius 1 is 1.12 bits per heavy atom. The Morgan fingerprint density at radius 3 is 2.47 bits per heavy atom. The first-order chi connectivity index (χ1) is 15.3. The second-order valence-corrected chi connectivity index (χ2v) is 10.1. The number of rotatable bonds is 7. The molecule has 0 amide bonds. The number of nitrogens with zero attached hydrogens (tertiary/aromatic N) is 5. The van der Waals surface area contributed by atoms with Gasteiger partial charge in [0.1, 0.15) is 0 Å². The smallest absolute Gasteiger partial charge is 0.173 e. The highest BCUT2D eigenvalue weighted by molar-refractivity contribution is 6.30. The first-order valence-corrected chi connectivity index (χ1v) is 11.6. The molecule has 1 aromatic heterocycles. The van der Waals surface area contributed by atoms with Crippen LogP contribution in [-0.4, -0.2) is 44.4 Å². The van der Waals surface area contributed by atoms with Gasteiger partial charge in [0.05, 0.1) is 17.7 Å². The van der Waals surface area contributed by atoms with E-state index in [2.05, 4.69) is 84.5 Å². The van der Waals surface area contributed by atoms with Crippen molar-refractivity contribution >= 4 is 11.6 Å². The van der Waals surface area contributed by atoms with Crippen molar-refractivity contribution in [2.24, 2.45) is 0 Å². The van der Waals surface area contributed by atoms with Crippen molar-refractivity contribution in [1.29, 1.82) is 0 Å². The lowest BCUT2D eigenvalue weighted by Gasteiger charge is -2.34. The van der Waals surface area contributed by atoms with Crippen LogP contribution in [0.15, 0.2) is 48.5 Å². The fourth-order valence-electron chi connectivity index (χ4n) is 4.25. The first kappa shape index (κ1) is 22.9. The molecule has 4 rings (SSSR count). The van der Waals surface area contributed by atoms with Crippen molar-refractivity contribution in [3.8, 4) is 0 Å². The van der Waals surface area contributed by atoms with Gasteiger partial charge in [0.15, 0.2) is 5.82 Å². The largest absolute Gasteiger partial charge is 0.377 e. The van der Waals surface area contributed by atoms with Gasteiger partial charge in [-0.05, 0) is 74.2 Å². The minimum atomic E-state index is -0.239. The standard InChI is InChI=1S/C25H32ClN5O/c1-18-7-11-20(12-8-18)23(24-27-28-29-31(24)25(2,3)4)30(17-22-6-5-15-32-22)16-19-9-13-21(26)14-10-19/h7-14,22-23H,5-6,15-17H2,1-4H3/t22-,23+/m0/s1. The molecule has 1 fully saturated rings. The van der Waals surface area contributed by atoms with Crippen molar-refractivity contribution in [2.75, 3.05) is 13.2 Å². The van der Waals surface area contributed by atoms with Gasteiger partial charge in [0, 0.05) is 24.7 Å². The average Bonchev–Trinajstić information content (AvgIpc) is 3.43. The molecule has 2 heterocycles. The van der Waals surface area contributed by atoms with E-state index in [0.717, 1.165) is 43.4 Å². The van der Waals surface area contributed by atoms with Gasteiger partial charge in [0.25, 0.3) is 0 Å². The van der Waals surface area contributed by atoms with Crippen LogP contribution in [0.2, 0.25) is 5.02 Å². The molecule has 6 nitrogen and oxygen atoms in total. The zero-order valence-corrected chi connectivity index (χ0v) is 20.1. The lowest BCUT2D eigenvalue weighted by molar-refractivity contribution is 0.0566. The summed E-state index contributed by atoms with van der Waals surface area (Å²) in [6.07, 6.45) is 2.38. The van der Waals surface area contributed by atoms with Crippen LogP contribution in [0.25, 0.3) is 0 Å². The summed E-state index contributed by atoms with van der Waals surface area (Å²) in [5, 5.41) is 13.7. The van der Waals surface area contributed by atoms with Crippen LogP contribution in [0, 0.1) is 6.92 Å². The quantitative estimate of drug-likeness (QED) is 0.494. The van der Waals surface area contributed by atoms with E-state index in [0.29, 0.717) is 0 Å². The SMILES string of the molecule is Cc1ccc([C@H](c2nnnn2C(C)(C)C)N(Cc2ccc(Cl)cc2)C[C@@H]2CCCO2)cc1. The molecule has 1 saturated heterocycles. The van der Waals surface area contributed by atoms with E-state index in [1.165, 1.54) is 16.7 Å². The van der Waals surface area contributed by atoms with Crippen molar-refractivity contribution < 1.29 is 4.74 Å². The normalized spacial score (nSPS) is 17.8. The molecule has 0 radical (unpaired) electrons. The second-order valence-electron chi connectivity index (χ2n) is 9.62. The molecule has 2 atom stereocenters. The maximum absolute atomic E-state index is 6.15. The van der Waals surface area contributed by atoms with Crippen molar-refractivity contribution in [3.05, 3.63) is 76.1 Å². The molecule has 0 saturated carbocycles. The molecule has 7 heteroatoms. The Bertz CT molecular complexity index is 1000. The third-order valence-electron chi connectivity index (χ3n) is 5.89. The zero-order chi connectivity index (χ0) is 22.7. The molecule has 0 spiro atoms. The fourth-order valence-corrected chi connectivity index (χ4v) is 4.38. The molecule has 170 valence electrons. The molecule has 1 aliphatic heterocycles. The Balaban J connectivity index is 1.78. The van der Waals surface area contributed by atoms with E-state index in [-0.39, 0.29) is 17.7 Å². The van der Waals surface area contributed by atoms with E-state index in [9.17, 15) is 0 Å². The maximum atomic E-state index is 6.15. The van der Waals surface area contributed by atoms with Gasteiger partial charge in [-0.2, -0.15) is 0 Å². The summed E-state index contributed by atoms with van der Waals surface area (Å²) >= 11 is 6.15. The highest BCUT2D eigenvalue weighted by Crippen LogP contribution is 2.32. The average molecular weight is 454 g/mol. The molecule has 0 bridgehead atoms. The topological polar surface area (TPSA) is 56.1 Å². The van der Waals surface area contributed by atoms with Crippen LogP contribution in [0.3, 0.4) is 0 Å². The number of halogens is 1. The highest BCUT2D eigenvalue weighted by Gasteiger charge is 2.33. The Hall–Kier alpha value is -2.28. The molecule has 32 heavy (non-hydrogen) atoms. The fraction of sp³-hybridized carbons (Fsp3) is 0.480. The molecular formula is C25H32ClN5O. The number of hydrogen-bond acceptors (Lipinski definition) is 5.